The summed E-state index contributed by atoms with van der Waals surface area (Å²) in [5, 5.41) is 8.67. The SMILES string of the molecule is O=C(O)c1ccc(CC2CCC2)nc1. The van der Waals surface area contributed by atoms with Crippen LogP contribution in [0.3, 0.4) is 0 Å². The molecule has 74 valence electrons. The number of hydrogen-bond donors (Lipinski definition) is 1. The molecule has 1 aromatic rings. The summed E-state index contributed by atoms with van der Waals surface area (Å²) in [5.74, 6) is -0.133. The molecule has 1 fully saturated rings. The molecule has 1 aliphatic rings. The second kappa shape index (κ2) is 3.78. The van der Waals surface area contributed by atoms with Crippen LogP contribution in [0.15, 0.2) is 18.3 Å². The summed E-state index contributed by atoms with van der Waals surface area (Å²) in [6.07, 6.45) is 6.36. The zero-order chi connectivity index (χ0) is 9.97. The molecular formula is C11H13NO2. The maximum absolute atomic E-state index is 10.6. The van der Waals surface area contributed by atoms with Gasteiger partial charge in [0.2, 0.25) is 0 Å². The lowest BCUT2D eigenvalue weighted by atomic mass is 9.82. The van der Waals surface area contributed by atoms with E-state index in [0.29, 0.717) is 0 Å². The Morgan fingerprint density at radius 2 is 2.29 bits per heavy atom. The monoisotopic (exact) mass is 191 g/mol. The molecule has 1 N–H and O–H groups in total. The number of hydrogen-bond acceptors (Lipinski definition) is 2. The Bertz CT molecular complexity index is 328. The van der Waals surface area contributed by atoms with Gasteiger partial charge in [0, 0.05) is 11.9 Å². The number of carboxylic acids is 1. The summed E-state index contributed by atoms with van der Waals surface area (Å²) in [7, 11) is 0. The molecule has 0 saturated heterocycles. The Labute approximate surface area is 82.8 Å². The lowest BCUT2D eigenvalue weighted by molar-refractivity contribution is 0.0696. The third-order valence-electron chi connectivity index (χ3n) is 2.79. The Hall–Kier alpha value is -1.38. The van der Waals surface area contributed by atoms with Crippen LogP contribution in [0, 0.1) is 5.92 Å². The van der Waals surface area contributed by atoms with Crippen molar-refractivity contribution in [1.82, 2.24) is 4.98 Å². The second-order valence-corrected chi connectivity index (χ2v) is 3.84. The van der Waals surface area contributed by atoms with Gasteiger partial charge in [-0.2, -0.15) is 0 Å². The van der Waals surface area contributed by atoms with E-state index in [9.17, 15) is 4.79 Å². The van der Waals surface area contributed by atoms with Gasteiger partial charge in [0.15, 0.2) is 0 Å². The summed E-state index contributed by atoms with van der Waals surface area (Å²) in [4.78, 5) is 14.7. The minimum atomic E-state index is -0.910. The summed E-state index contributed by atoms with van der Waals surface area (Å²) in [5.41, 5.74) is 1.28. The molecule has 1 saturated carbocycles. The number of nitrogens with zero attached hydrogens (tertiary/aromatic N) is 1. The Kier molecular flexibility index (Phi) is 2.48. The normalized spacial score (nSPS) is 16.3. The third-order valence-corrected chi connectivity index (χ3v) is 2.79. The quantitative estimate of drug-likeness (QED) is 0.796. The van der Waals surface area contributed by atoms with Crippen molar-refractivity contribution in [3.8, 4) is 0 Å². The van der Waals surface area contributed by atoms with E-state index in [4.69, 9.17) is 5.11 Å². The van der Waals surface area contributed by atoms with E-state index in [2.05, 4.69) is 4.98 Å². The van der Waals surface area contributed by atoms with Gasteiger partial charge in [-0.3, -0.25) is 4.98 Å². The summed E-state index contributed by atoms with van der Waals surface area (Å²) in [6.45, 7) is 0. The molecule has 0 amide bonds. The van der Waals surface area contributed by atoms with Crippen molar-refractivity contribution >= 4 is 5.97 Å². The van der Waals surface area contributed by atoms with Crippen LogP contribution in [0.25, 0.3) is 0 Å². The van der Waals surface area contributed by atoms with Gasteiger partial charge >= 0.3 is 5.97 Å². The van der Waals surface area contributed by atoms with Crippen LogP contribution in [-0.2, 0) is 6.42 Å². The van der Waals surface area contributed by atoms with Crippen molar-refractivity contribution in [2.45, 2.75) is 25.7 Å². The van der Waals surface area contributed by atoms with Gasteiger partial charge in [0.1, 0.15) is 0 Å². The first kappa shape index (κ1) is 9.19. The molecule has 1 aromatic heterocycles. The highest BCUT2D eigenvalue weighted by Crippen LogP contribution is 2.29. The Morgan fingerprint density at radius 1 is 1.50 bits per heavy atom. The molecule has 1 aliphatic carbocycles. The molecule has 0 atom stereocenters. The lowest BCUT2D eigenvalue weighted by Gasteiger charge is -2.24. The van der Waals surface area contributed by atoms with Crippen molar-refractivity contribution in [3.63, 3.8) is 0 Å². The predicted molar refractivity (Wildman–Crippen MR) is 52.2 cm³/mol. The number of aromatic carboxylic acids is 1. The number of pyridine rings is 1. The van der Waals surface area contributed by atoms with Gasteiger partial charge in [-0.1, -0.05) is 19.3 Å². The van der Waals surface area contributed by atoms with E-state index in [-0.39, 0.29) is 5.56 Å². The Morgan fingerprint density at radius 3 is 2.71 bits per heavy atom. The Balaban J connectivity index is 2.01. The van der Waals surface area contributed by atoms with E-state index >= 15 is 0 Å². The first-order chi connectivity index (χ1) is 6.75. The van der Waals surface area contributed by atoms with Crippen molar-refractivity contribution in [2.75, 3.05) is 0 Å². The van der Waals surface area contributed by atoms with Crippen LogP contribution in [0.4, 0.5) is 0 Å². The lowest BCUT2D eigenvalue weighted by Crippen LogP contribution is -2.14. The second-order valence-electron chi connectivity index (χ2n) is 3.84. The highest BCUT2D eigenvalue weighted by molar-refractivity contribution is 5.87. The summed E-state index contributed by atoms with van der Waals surface area (Å²) < 4.78 is 0. The predicted octanol–water partition coefficient (Wildman–Crippen LogP) is 2.12. The molecule has 0 bridgehead atoms. The summed E-state index contributed by atoms with van der Waals surface area (Å²) >= 11 is 0. The fraction of sp³-hybridized carbons (Fsp3) is 0.455. The molecule has 1 heterocycles. The molecule has 3 nitrogen and oxygen atoms in total. The highest BCUT2D eigenvalue weighted by Gasteiger charge is 2.18. The maximum atomic E-state index is 10.6. The minimum absolute atomic E-state index is 0.266. The van der Waals surface area contributed by atoms with Crippen molar-refractivity contribution in [1.29, 1.82) is 0 Å². The van der Waals surface area contributed by atoms with Crippen LogP contribution in [-0.4, -0.2) is 16.1 Å². The van der Waals surface area contributed by atoms with E-state index in [1.165, 1.54) is 25.5 Å². The largest absolute Gasteiger partial charge is 0.478 e. The first-order valence-electron chi connectivity index (χ1n) is 4.94. The molecular weight excluding hydrogens is 178 g/mol. The standard InChI is InChI=1S/C11H13NO2/c13-11(14)9-4-5-10(12-7-9)6-8-2-1-3-8/h4-5,7-8H,1-3,6H2,(H,13,14). The van der Waals surface area contributed by atoms with E-state index in [1.54, 1.807) is 6.07 Å². The van der Waals surface area contributed by atoms with Gasteiger partial charge in [-0.05, 0) is 24.5 Å². The van der Waals surface area contributed by atoms with Gasteiger partial charge in [-0.25, -0.2) is 4.79 Å². The number of rotatable bonds is 3. The van der Waals surface area contributed by atoms with Crippen LogP contribution < -0.4 is 0 Å². The van der Waals surface area contributed by atoms with Crippen LogP contribution >= 0.6 is 0 Å². The van der Waals surface area contributed by atoms with Crippen LogP contribution in [0.1, 0.15) is 35.3 Å². The van der Waals surface area contributed by atoms with Crippen LogP contribution in [0.5, 0.6) is 0 Å². The minimum Gasteiger partial charge on any atom is -0.478 e. The number of aromatic nitrogens is 1. The zero-order valence-corrected chi connectivity index (χ0v) is 7.94. The van der Waals surface area contributed by atoms with E-state index < -0.39 is 5.97 Å². The van der Waals surface area contributed by atoms with Gasteiger partial charge in [0.05, 0.1) is 5.56 Å². The van der Waals surface area contributed by atoms with Crippen LogP contribution in [0.2, 0.25) is 0 Å². The van der Waals surface area contributed by atoms with Crippen molar-refractivity contribution < 1.29 is 9.90 Å². The maximum Gasteiger partial charge on any atom is 0.337 e. The fourth-order valence-corrected chi connectivity index (χ4v) is 1.66. The topological polar surface area (TPSA) is 50.2 Å². The molecule has 0 aliphatic heterocycles. The molecule has 2 rings (SSSR count). The van der Waals surface area contributed by atoms with Crippen molar-refractivity contribution in [2.24, 2.45) is 5.92 Å². The number of carbonyl (C=O) groups is 1. The molecule has 0 unspecified atom stereocenters. The molecule has 0 aromatic carbocycles. The molecule has 0 spiro atoms. The smallest absolute Gasteiger partial charge is 0.337 e. The van der Waals surface area contributed by atoms with E-state index in [1.807, 2.05) is 6.07 Å². The van der Waals surface area contributed by atoms with Crippen molar-refractivity contribution in [3.05, 3.63) is 29.6 Å². The highest BCUT2D eigenvalue weighted by atomic mass is 16.4. The average molecular weight is 191 g/mol. The zero-order valence-electron chi connectivity index (χ0n) is 7.94. The fourth-order valence-electron chi connectivity index (χ4n) is 1.66. The van der Waals surface area contributed by atoms with Gasteiger partial charge in [0.25, 0.3) is 0 Å². The average Bonchev–Trinajstić information content (AvgIpc) is 2.12. The van der Waals surface area contributed by atoms with Gasteiger partial charge in [-0.15, -0.1) is 0 Å². The molecule has 14 heavy (non-hydrogen) atoms. The molecule has 3 heteroatoms. The third kappa shape index (κ3) is 1.92. The van der Waals surface area contributed by atoms with E-state index in [0.717, 1.165) is 18.0 Å². The molecule has 0 radical (unpaired) electrons. The first-order valence-corrected chi connectivity index (χ1v) is 4.94. The van der Waals surface area contributed by atoms with Gasteiger partial charge < -0.3 is 5.11 Å². The summed E-state index contributed by atoms with van der Waals surface area (Å²) in [6, 6.07) is 3.45. The number of carboxylic acid groups (broad SMARTS) is 1.